The maximum atomic E-state index is 13.3. The van der Waals surface area contributed by atoms with Crippen LogP contribution in [-0.2, 0) is 9.59 Å². The van der Waals surface area contributed by atoms with Gasteiger partial charge in [-0.25, -0.2) is 9.18 Å². The number of ketones is 1. The second kappa shape index (κ2) is 12.2. The number of rotatable bonds is 10. The van der Waals surface area contributed by atoms with Crippen molar-refractivity contribution in [2.75, 3.05) is 18.6 Å². The van der Waals surface area contributed by atoms with Crippen LogP contribution in [0.5, 0.6) is 17.2 Å². The number of carbonyl (C=O) groups excluding carboxylic acids is 2. The molecule has 200 valence electrons. The molecular weight excluding hydrogens is 529 g/mol. The van der Waals surface area contributed by atoms with Crippen molar-refractivity contribution >= 4 is 46.5 Å². The normalized spacial score (nSPS) is 16.2. The van der Waals surface area contributed by atoms with Crippen molar-refractivity contribution in [2.24, 2.45) is 10.2 Å². The van der Waals surface area contributed by atoms with E-state index in [1.807, 2.05) is 0 Å². The van der Waals surface area contributed by atoms with Crippen LogP contribution in [0.2, 0.25) is 0 Å². The number of carboxylic acids is 1. The van der Waals surface area contributed by atoms with E-state index in [1.54, 1.807) is 12.1 Å². The first-order valence-corrected chi connectivity index (χ1v) is 12.3. The molecule has 0 unspecified atom stereocenters. The van der Waals surface area contributed by atoms with Gasteiger partial charge in [0.1, 0.15) is 11.6 Å². The van der Waals surface area contributed by atoms with Gasteiger partial charge in [-0.05, 0) is 72.3 Å². The summed E-state index contributed by atoms with van der Waals surface area (Å²) in [6, 6.07) is 15.8. The molecule has 39 heavy (non-hydrogen) atoms. The van der Waals surface area contributed by atoms with E-state index in [2.05, 4.69) is 10.2 Å². The highest BCUT2D eigenvalue weighted by Crippen LogP contribution is 2.35. The number of ether oxygens (including phenoxy) is 2. The van der Waals surface area contributed by atoms with Gasteiger partial charge < -0.3 is 19.7 Å². The Hall–Kier alpha value is -4.71. The fourth-order valence-electron chi connectivity index (χ4n) is 3.60. The van der Waals surface area contributed by atoms with Crippen molar-refractivity contribution in [3.8, 4) is 17.2 Å². The zero-order chi connectivity index (χ0) is 27.9. The third-order valence-electron chi connectivity index (χ3n) is 5.47. The molecule has 0 bridgehead atoms. The van der Waals surface area contributed by atoms with Crippen LogP contribution in [0.4, 0.5) is 10.1 Å². The van der Waals surface area contributed by atoms with Gasteiger partial charge in [-0.3, -0.25) is 14.5 Å². The number of carboxylic acid groups (broad SMARTS) is 1. The molecule has 1 fully saturated rings. The zero-order valence-corrected chi connectivity index (χ0v) is 21.3. The summed E-state index contributed by atoms with van der Waals surface area (Å²) >= 11 is 1.06. The van der Waals surface area contributed by atoms with Gasteiger partial charge in [0.05, 0.1) is 24.3 Å². The molecule has 3 aromatic carbocycles. The zero-order valence-electron chi connectivity index (χ0n) is 20.5. The minimum Gasteiger partial charge on any atom is -0.508 e. The van der Waals surface area contributed by atoms with Gasteiger partial charge in [0.2, 0.25) is 5.91 Å². The fraction of sp³-hybridized carbons (Fsp3) is 0.148. The highest BCUT2D eigenvalue weighted by molar-refractivity contribution is 8.16. The molecule has 0 aliphatic carbocycles. The van der Waals surface area contributed by atoms with E-state index in [-0.39, 0.29) is 34.4 Å². The van der Waals surface area contributed by atoms with E-state index in [9.17, 15) is 23.9 Å². The van der Waals surface area contributed by atoms with Crippen molar-refractivity contribution in [2.45, 2.75) is 11.7 Å². The number of hydrogen-bond acceptors (Lipinski definition) is 9. The molecular formula is C27H22FN3O7S. The summed E-state index contributed by atoms with van der Waals surface area (Å²) in [6.45, 7) is -0.527. The summed E-state index contributed by atoms with van der Waals surface area (Å²) in [4.78, 5) is 38.1. The number of benzene rings is 3. The highest BCUT2D eigenvalue weighted by atomic mass is 32.2. The maximum absolute atomic E-state index is 13.3. The number of Topliss-reactive ketones (excluding diaryl/α,β-unsaturated/α-hetero) is 1. The quantitative estimate of drug-likeness (QED) is 0.218. The second-order valence-corrected chi connectivity index (χ2v) is 9.32. The fourth-order valence-corrected chi connectivity index (χ4v) is 4.69. The number of methoxy groups -OCH3 is 1. The molecule has 1 amide bonds. The largest absolute Gasteiger partial charge is 0.508 e. The first-order valence-electron chi connectivity index (χ1n) is 11.5. The molecule has 0 radical (unpaired) electrons. The first-order chi connectivity index (χ1) is 18.7. The van der Waals surface area contributed by atoms with Crippen LogP contribution in [0.3, 0.4) is 0 Å². The van der Waals surface area contributed by atoms with Gasteiger partial charge in [0.15, 0.2) is 29.1 Å². The summed E-state index contributed by atoms with van der Waals surface area (Å²) in [5.41, 5.74) is 1.28. The molecule has 4 rings (SSSR count). The standard InChI is InChI=1S/C27H22FN3O7S/c1-37-23-12-16(2-11-22(23)38-15-25(34)35)14-29-30-27-31(19-7-9-20(32)10-8-19)26(36)24(39-27)13-21(33)17-3-5-18(28)6-4-17/h2-12,14,24,32H,13,15H2,1H3,(H,34,35)/b29-14-,30-27-/t24-/m1/s1. The Balaban J connectivity index is 1.57. The van der Waals surface area contributed by atoms with Crippen molar-refractivity contribution in [1.29, 1.82) is 0 Å². The molecule has 12 heteroatoms. The monoisotopic (exact) mass is 551 g/mol. The smallest absolute Gasteiger partial charge is 0.341 e. The molecule has 1 aliphatic rings. The number of phenols is 1. The number of phenolic OH excluding ortho intramolecular Hbond substituents is 1. The Bertz CT molecular complexity index is 1440. The lowest BCUT2D eigenvalue weighted by molar-refractivity contribution is -0.139. The highest BCUT2D eigenvalue weighted by Gasteiger charge is 2.40. The number of carbonyl (C=O) groups is 3. The number of halogens is 1. The average molecular weight is 552 g/mol. The molecule has 3 aromatic rings. The first kappa shape index (κ1) is 27.3. The van der Waals surface area contributed by atoms with Crippen LogP contribution in [0, 0.1) is 5.82 Å². The Labute approximate surface area is 226 Å². The second-order valence-electron chi connectivity index (χ2n) is 8.15. The predicted octanol–water partition coefficient (Wildman–Crippen LogP) is 4.11. The number of hydrogen-bond donors (Lipinski definition) is 2. The summed E-state index contributed by atoms with van der Waals surface area (Å²) in [5.74, 6) is -1.76. The van der Waals surface area contributed by atoms with Gasteiger partial charge in [-0.1, -0.05) is 11.8 Å². The number of aromatic hydroxyl groups is 1. The molecule has 10 nitrogen and oxygen atoms in total. The molecule has 2 N–H and O–H groups in total. The van der Waals surface area contributed by atoms with E-state index < -0.39 is 29.6 Å². The Morgan fingerprint density at radius 3 is 2.46 bits per heavy atom. The minimum absolute atomic E-state index is 0.0160. The number of anilines is 1. The molecule has 1 heterocycles. The summed E-state index contributed by atoms with van der Waals surface area (Å²) < 4.78 is 23.7. The lowest BCUT2D eigenvalue weighted by Crippen LogP contribution is -2.32. The van der Waals surface area contributed by atoms with E-state index in [4.69, 9.17) is 14.6 Å². The summed E-state index contributed by atoms with van der Waals surface area (Å²) in [7, 11) is 1.41. The van der Waals surface area contributed by atoms with Crippen molar-refractivity contribution in [1.82, 2.24) is 0 Å². The van der Waals surface area contributed by atoms with Crippen molar-refractivity contribution in [3.05, 3.63) is 83.7 Å². The van der Waals surface area contributed by atoms with Crippen LogP contribution < -0.4 is 14.4 Å². The van der Waals surface area contributed by atoms with Crippen molar-refractivity contribution < 1.29 is 38.5 Å². The maximum Gasteiger partial charge on any atom is 0.341 e. The minimum atomic E-state index is -1.13. The van der Waals surface area contributed by atoms with E-state index in [1.165, 1.54) is 72.8 Å². The van der Waals surface area contributed by atoms with Crippen LogP contribution >= 0.6 is 11.8 Å². The van der Waals surface area contributed by atoms with Crippen LogP contribution in [-0.4, -0.2) is 58.2 Å². The molecule has 0 aromatic heterocycles. The van der Waals surface area contributed by atoms with E-state index in [0.29, 0.717) is 17.0 Å². The number of nitrogens with zero attached hydrogens (tertiary/aromatic N) is 3. The summed E-state index contributed by atoms with van der Waals surface area (Å²) in [6.07, 6.45) is 1.27. The molecule has 1 saturated heterocycles. The SMILES string of the molecule is COc1cc(/C=N\N=C2/S[C@H](CC(=O)c3ccc(F)cc3)C(=O)N2c2ccc(O)cc2)ccc1OCC(=O)O. The Morgan fingerprint density at radius 2 is 1.79 bits per heavy atom. The molecule has 1 aliphatic heterocycles. The van der Waals surface area contributed by atoms with Gasteiger partial charge in [-0.15, -0.1) is 5.10 Å². The van der Waals surface area contributed by atoms with Crippen LogP contribution in [0.15, 0.2) is 76.9 Å². The number of amidine groups is 1. The average Bonchev–Trinajstić information content (AvgIpc) is 3.22. The molecule has 0 spiro atoms. The summed E-state index contributed by atoms with van der Waals surface area (Å²) in [5, 5.41) is 26.2. The van der Waals surface area contributed by atoms with Gasteiger partial charge in [0, 0.05) is 12.0 Å². The predicted molar refractivity (Wildman–Crippen MR) is 143 cm³/mol. The topological polar surface area (TPSA) is 138 Å². The van der Waals surface area contributed by atoms with Gasteiger partial charge in [-0.2, -0.15) is 5.10 Å². The number of aliphatic carboxylic acids is 1. The molecule has 0 saturated carbocycles. The van der Waals surface area contributed by atoms with Crippen LogP contribution in [0.1, 0.15) is 22.3 Å². The van der Waals surface area contributed by atoms with E-state index >= 15 is 0 Å². The third-order valence-corrected chi connectivity index (χ3v) is 6.60. The number of thioether (sulfide) groups is 1. The Kier molecular flexibility index (Phi) is 8.56. The van der Waals surface area contributed by atoms with Crippen LogP contribution in [0.25, 0.3) is 0 Å². The van der Waals surface area contributed by atoms with Crippen molar-refractivity contribution in [3.63, 3.8) is 0 Å². The third kappa shape index (κ3) is 6.79. The van der Waals surface area contributed by atoms with Gasteiger partial charge >= 0.3 is 5.97 Å². The Morgan fingerprint density at radius 1 is 1.08 bits per heavy atom. The number of amides is 1. The van der Waals surface area contributed by atoms with Gasteiger partial charge in [0.25, 0.3) is 0 Å². The molecule has 1 atom stereocenters. The lowest BCUT2D eigenvalue weighted by Gasteiger charge is -2.15. The van der Waals surface area contributed by atoms with E-state index in [0.717, 1.165) is 11.8 Å². The lowest BCUT2D eigenvalue weighted by atomic mass is 10.1.